The topological polar surface area (TPSA) is 89.9 Å². The van der Waals surface area contributed by atoms with E-state index in [4.69, 9.17) is 19.8 Å². The molecule has 19 heavy (non-hydrogen) atoms. The molecule has 1 saturated carbocycles. The molecular weight excluding hydrogens is 248 g/mol. The van der Waals surface area contributed by atoms with E-state index in [0.29, 0.717) is 6.04 Å². The van der Waals surface area contributed by atoms with Gasteiger partial charge in [0.1, 0.15) is 0 Å². The SMILES string of the molecule is CN[C@H]1CCCCCC[C@@H]1N(C)C.O=C(O)C(=O)O. The maximum absolute atomic E-state index is 9.10. The van der Waals surface area contributed by atoms with Gasteiger partial charge in [0.25, 0.3) is 0 Å². The van der Waals surface area contributed by atoms with Crippen LogP contribution in [0.1, 0.15) is 38.5 Å². The van der Waals surface area contributed by atoms with Crippen molar-refractivity contribution in [3.05, 3.63) is 0 Å². The van der Waals surface area contributed by atoms with Crippen LogP contribution in [-0.4, -0.2) is 60.3 Å². The maximum atomic E-state index is 9.10. The summed E-state index contributed by atoms with van der Waals surface area (Å²) < 4.78 is 0. The van der Waals surface area contributed by atoms with Gasteiger partial charge in [0.15, 0.2) is 0 Å². The minimum Gasteiger partial charge on any atom is -0.473 e. The van der Waals surface area contributed by atoms with Crippen LogP contribution in [0.5, 0.6) is 0 Å². The van der Waals surface area contributed by atoms with E-state index in [2.05, 4.69) is 31.4 Å². The van der Waals surface area contributed by atoms with Crippen LogP contribution in [-0.2, 0) is 9.59 Å². The van der Waals surface area contributed by atoms with Crippen LogP contribution >= 0.6 is 0 Å². The highest BCUT2D eigenvalue weighted by Crippen LogP contribution is 2.20. The highest BCUT2D eigenvalue weighted by Gasteiger charge is 2.22. The summed E-state index contributed by atoms with van der Waals surface area (Å²) in [6, 6.07) is 1.44. The third-order valence-corrected chi connectivity index (χ3v) is 3.45. The van der Waals surface area contributed by atoms with Crippen molar-refractivity contribution in [3.63, 3.8) is 0 Å². The Bertz CT molecular complexity index is 270. The Morgan fingerprint density at radius 3 is 1.84 bits per heavy atom. The molecule has 112 valence electrons. The number of carboxylic acid groups (broad SMARTS) is 2. The van der Waals surface area contributed by atoms with Gasteiger partial charge in [-0.1, -0.05) is 25.7 Å². The number of likely N-dealkylation sites (N-methyl/N-ethyl adjacent to an activating group) is 2. The minimum atomic E-state index is -1.82. The van der Waals surface area contributed by atoms with E-state index >= 15 is 0 Å². The molecule has 3 N–H and O–H groups in total. The molecule has 0 aliphatic heterocycles. The third kappa shape index (κ3) is 7.79. The molecule has 0 radical (unpaired) electrons. The smallest absolute Gasteiger partial charge is 0.414 e. The molecule has 0 spiro atoms. The number of carbonyl (C=O) groups is 2. The average molecular weight is 274 g/mol. The fraction of sp³-hybridized carbons (Fsp3) is 0.846. The van der Waals surface area contributed by atoms with Crippen LogP contribution in [0.15, 0.2) is 0 Å². The Labute approximate surface area is 114 Å². The number of nitrogens with one attached hydrogen (secondary N) is 1. The molecule has 0 aromatic heterocycles. The summed E-state index contributed by atoms with van der Waals surface area (Å²) in [6.07, 6.45) is 8.37. The van der Waals surface area contributed by atoms with Crippen molar-refractivity contribution in [2.45, 2.75) is 50.6 Å². The number of hydrogen-bond donors (Lipinski definition) is 3. The molecule has 0 amide bonds. The number of rotatable bonds is 2. The quantitative estimate of drug-likeness (QED) is 0.651. The minimum absolute atomic E-state index is 0.704. The van der Waals surface area contributed by atoms with Crippen LogP contribution in [0.2, 0.25) is 0 Å². The predicted octanol–water partition coefficient (Wildman–Crippen LogP) is 1.01. The second-order valence-corrected chi connectivity index (χ2v) is 5.03. The first-order chi connectivity index (χ1) is 8.90. The molecule has 1 fully saturated rings. The van der Waals surface area contributed by atoms with Crippen molar-refractivity contribution in [2.75, 3.05) is 21.1 Å². The Balaban J connectivity index is 0.000000459. The van der Waals surface area contributed by atoms with Gasteiger partial charge in [-0.2, -0.15) is 0 Å². The van der Waals surface area contributed by atoms with Crippen molar-refractivity contribution >= 4 is 11.9 Å². The standard InChI is InChI=1S/C11H24N2.C2H2O4/c1-12-10-8-6-4-5-7-9-11(10)13(2)3;3-1(4)2(5)6/h10-12H,4-9H2,1-3H3;(H,3,4)(H,5,6)/t10-,11-;/m0./s1. The van der Waals surface area contributed by atoms with E-state index < -0.39 is 11.9 Å². The molecule has 0 saturated heterocycles. The predicted molar refractivity (Wildman–Crippen MR) is 73.3 cm³/mol. The van der Waals surface area contributed by atoms with Gasteiger partial charge in [-0.05, 0) is 34.0 Å². The van der Waals surface area contributed by atoms with E-state index in [1.165, 1.54) is 38.5 Å². The Morgan fingerprint density at radius 1 is 1.00 bits per heavy atom. The maximum Gasteiger partial charge on any atom is 0.414 e. The lowest BCUT2D eigenvalue weighted by atomic mass is 9.92. The summed E-state index contributed by atoms with van der Waals surface area (Å²) in [4.78, 5) is 20.6. The van der Waals surface area contributed by atoms with Gasteiger partial charge in [-0.15, -0.1) is 0 Å². The van der Waals surface area contributed by atoms with Crippen LogP contribution in [0, 0.1) is 0 Å². The fourth-order valence-electron chi connectivity index (χ4n) is 2.42. The van der Waals surface area contributed by atoms with Gasteiger partial charge in [0.2, 0.25) is 0 Å². The van der Waals surface area contributed by atoms with E-state index in [9.17, 15) is 0 Å². The molecule has 1 rings (SSSR count). The molecule has 1 aliphatic carbocycles. The van der Waals surface area contributed by atoms with Crippen LogP contribution < -0.4 is 5.32 Å². The summed E-state index contributed by atoms with van der Waals surface area (Å²) in [5.74, 6) is -3.65. The summed E-state index contributed by atoms with van der Waals surface area (Å²) in [6.45, 7) is 0. The lowest BCUT2D eigenvalue weighted by Gasteiger charge is -2.33. The van der Waals surface area contributed by atoms with Gasteiger partial charge in [0, 0.05) is 12.1 Å². The number of aliphatic carboxylic acids is 2. The zero-order valence-electron chi connectivity index (χ0n) is 12.1. The van der Waals surface area contributed by atoms with E-state index in [1.54, 1.807) is 0 Å². The summed E-state index contributed by atoms with van der Waals surface area (Å²) in [5.41, 5.74) is 0. The zero-order valence-corrected chi connectivity index (χ0v) is 12.1. The van der Waals surface area contributed by atoms with Crippen LogP contribution in [0.25, 0.3) is 0 Å². The summed E-state index contributed by atoms with van der Waals surface area (Å²) >= 11 is 0. The second-order valence-electron chi connectivity index (χ2n) is 5.03. The first-order valence-corrected chi connectivity index (χ1v) is 6.70. The Hall–Kier alpha value is -1.14. The largest absolute Gasteiger partial charge is 0.473 e. The lowest BCUT2D eigenvalue weighted by Crippen LogP contribution is -2.46. The Kier molecular flexibility index (Phi) is 9.16. The first-order valence-electron chi connectivity index (χ1n) is 6.70. The molecule has 0 heterocycles. The Morgan fingerprint density at radius 2 is 1.47 bits per heavy atom. The van der Waals surface area contributed by atoms with Gasteiger partial charge >= 0.3 is 11.9 Å². The molecule has 2 atom stereocenters. The molecule has 0 bridgehead atoms. The number of carboxylic acids is 2. The molecule has 6 nitrogen and oxygen atoms in total. The number of hydrogen-bond acceptors (Lipinski definition) is 4. The molecule has 0 unspecified atom stereocenters. The monoisotopic (exact) mass is 274 g/mol. The second kappa shape index (κ2) is 9.75. The van der Waals surface area contributed by atoms with Crippen molar-refractivity contribution in [1.82, 2.24) is 10.2 Å². The van der Waals surface area contributed by atoms with Crippen molar-refractivity contribution in [1.29, 1.82) is 0 Å². The van der Waals surface area contributed by atoms with Gasteiger partial charge in [-0.25, -0.2) is 9.59 Å². The summed E-state index contributed by atoms with van der Waals surface area (Å²) in [7, 11) is 6.51. The molecule has 1 aliphatic rings. The van der Waals surface area contributed by atoms with E-state index in [0.717, 1.165) is 6.04 Å². The first kappa shape index (κ1) is 17.9. The van der Waals surface area contributed by atoms with Gasteiger partial charge in [-0.3, -0.25) is 0 Å². The highest BCUT2D eigenvalue weighted by atomic mass is 16.4. The third-order valence-electron chi connectivity index (χ3n) is 3.45. The van der Waals surface area contributed by atoms with Crippen LogP contribution in [0.3, 0.4) is 0 Å². The fourth-order valence-corrected chi connectivity index (χ4v) is 2.42. The number of nitrogens with zero attached hydrogens (tertiary/aromatic N) is 1. The van der Waals surface area contributed by atoms with Crippen LogP contribution in [0.4, 0.5) is 0 Å². The zero-order chi connectivity index (χ0) is 14.8. The average Bonchev–Trinajstić information content (AvgIpc) is 2.29. The molecule has 6 heteroatoms. The molecular formula is C13H26N2O4. The van der Waals surface area contributed by atoms with Gasteiger partial charge < -0.3 is 20.4 Å². The highest BCUT2D eigenvalue weighted by molar-refractivity contribution is 6.27. The van der Waals surface area contributed by atoms with E-state index in [-0.39, 0.29) is 0 Å². The molecule has 0 aromatic rings. The molecule has 0 aromatic carbocycles. The lowest BCUT2D eigenvalue weighted by molar-refractivity contribution is -0.159. The van der Waals surface area contributed by atoms with E-state index in [1.807, 2.05) is 0 Å². The van der Waals surface area contributed by atoms with Gasteiger partial charge in [0.05, 0.1) is 0 Å². The summed E-state index contributed by atoms with van der Waals surface area (Å²) in [5, 5.41) is 18.2. The normalized spacial score (nSPS) is 23.8. The van der Waals surface area contributed by atoms with Crippen molar-refractivity contribution < 1.29 is 19.8 Å². The van der Waals surface area contributed by atoms with Crippen molar-refractivity contribution in [2.24, 2.45) is 0 Å². The van der Waals surface area contributed by atoms with Crippen molar-refractivity contribution in [3.8, 4) is 0 Å².